The zero-order chi connectivity index (χ0) is 14.9. The molecule has 106 valence electrons. The van der Waals surface area contributed by atoms with E-state index in [4.69, 9.17) is 19.1 Å². The zero-order valence-corrected chi connectivity index (χ0v) is 12.6. The zero-order valence-electron chi connectivity index (χ0n) is 11.1. The molecule has 1 N–H and O–H groups in total. The summed E-state index contributed by atoms with van der Waals surface area (Å²) in [6.45, 7) is 1.87. The van der Waals surface area contributed by atoms with E-state index in [1.165, 1.54) is 20.3 Å². The molecule has 2 rings (SSSR count). The molecular formula is C13H12BrNO5. The minimum absolute atomic E-state index is 0.169. The number of methoxy groups -OCH3 is 2. The van der Waals surface area contributed by atoms with Crippen LogP contribution in [0.1, 0.15) is 16.1 Å². The molecule has 0 spiro atoms. The molecule has 20 heavy (non-hydrogen) atoms. The molecule has 1 heterocycles. The highest BCUT2D eigenvalue weighted by atomic mass is 79.9. The van der Waals surface area contributed by atoms with Crippen LogP contribution in [0.2, 0.25) is 0 Å². The molecule has 2 aromatic rings. The van der Waals surface area contributed by atoms with E-state index in [0.717, 1.165) is 10.0 Å². The van der Waals surface area contributed by atoms with Gasteiger partial charge in [-0.3, -0.25) is 0 Å². The number of aromatic nitrogens is 1. The van der Waals surface area contributed by atoms with Crippen molar-refractivity contribution in [3.63, 3.8) is 0 Å². The third-order valence-corrected chi connectivity index (χ3v) is 3.65. The van der Waals surface area contributed by atoms with Crippen LogP contribution in [0.5, 0.6) is 11.5 Å². The van der Waals surface area contributed by atoms with Crippen molar-refractivity contribution in [1.82, 2.24) is 5.16 Å². The van der Waals surface area contributed by atoms with Crippen LogP contribution in [0.4, 0.5) is 0 Å². The van der Waals surface area contributed by atoms with Crippen LogP contribution in [-0.2, 0) is 0 Å². The van der Waals surface area contributed by atoms with E-state index in [9.17, 15) is 4.79 Å². The molecule has 0 fully saturated rings. The molecule has 0 atom stereocenters. The lowest BCUT2D eigenvalue weighted by Gasteiger charge is -2.14. The highest BCUT2D eigenvalue weighted by molar-refractivity contribution is 9.10. The van der Waals surface area contributed by atoms with Crippen LogP contribution < -0.4 is 9.47 Å². The summed E-state index contributed by atoms with van der Waals surface area (Å²) in [5, 5.41) is 12.4. The van der Waals surface area contributed by atoms with E-state index in [2.05, 4.69) is 21.1 Å². The van der Waals surface area contributed by atoms with Gasteiger partial charge >= 0.3 is 5.97 Å². The number of benzene rings is 1. The topological polar surface area (TPSA) is 81.8 Å². The van der Waals surface area contributed by atoms with Gasteiger partial charge in [0.25, 0.3) is 0 Å². The van der Waals surface area contributed by atoms with Crippen LogP contribution in [0, 0.1) is 6.92 Å². The average molecular weight is 342 g/mol. The first-order chi connectivity index (χ1) is 9.49. The average Bonchev–Trinajstić information content (AvgIpc) is 2.90. The first-order valence-corrected chi connectivity index (χ1v) is 6.40. The molecule has 1 aromatic heterocycles. The predicted molar refractivity (Wildman–Crippen MR) is 74.4 cm³/mol. The normalized spacial score (nSPS) is 10.4. The summed E-state index contributed by atoms with van der Waals surface area (Å²) < 4.78 is 16.5. The maximum atomic E-state index is 10.9. The van der Waals surface area contributed by atoms with E-state index >= 15 is 0 Å². The van der Waals surface area contributed by atoms with E-state index in [-0.39, 0.29) is 5.69 Å². The number of halogens is 1. The molecule has 0 aliphatic rings. The Morgan fingerprint density at radius 2 is 1.95 bits per heavy atom. The number of hydrogen-bond donors (Lipinski definition) is 1. The maximum Gasteiger partial charge on any atom is 0.358 e. The van der Waals surface area contributed by atoms with Gasteiger partial charge in [0.15, 0.2) is 23.0 Å². The second kappa shape index (κ2) is 5.54. The van der Waals surface area contributed by atoms with E-state index in [1.807, 2.05) is 6.92 Å². The molecule has 6 nitrogen and oxygen atoms in total. The number of carboxylic acid groups (broad SMARTS) is 1. The highest BCUT2D eigenvalue weighted by Gasteiger charge is 2.21. The number of nitrogens with zero attached hydrogens (tertiary/aromatic N) is 1. The molecule has 0 aliphatic heterocycles. The van der Waals surface area contributed by atoms with Crippen LogP contribution >= 0.6 is 15.9 Å². The molecule has 0 bridgehead atoms. The highest BCUT2D eigenvalue weighted by Crippen LogP contribution is 2.43. The van der Waals surface area contributed by atoms with Crippen LogP contribution in [0.25, 0.3) is 11.3 Å². The molecule has 0 radical (unpaired) electrons. The second-order valence-electron chi connectivity index (χ2n) is 3.98. The summed E-state index contributed by atoms with van der Waals surface area (Å²) >= 11 is 3.42. The smallest absolute Gasteiger partial charge is 0.358 e. The quantitative estimate of drug-likeness (QED) is 0.919. The number of hydrogen-bond acceptors (Lipinski definition) is 5. The van der Waals surface area contributed by atoms with Gasteiger partial charge in [-0.05, 0) is 13.0 Å². The van der Waals surface area contributed by atoms with Crippen LogP contribution in [0.15, 0.2) is 21.1 Å². The fraction of sp³-hybridized carbons (Fsp3) is 0.231. The minimum Gasteiger partial charge on any atom is -0.493 e. The lowest BCUT2D eigenvalue weighted by Crippen LogP contribution is -1.97. The summed E-state index contributed by atoms with van der Waals surface area (Å²) in [6.07, 6.45) is 0. The fourth-order valence-electron chi connectivity index (χ4n) is 1.84. The van der Waals surface area contributed by atoms with Gasteiger partial charge in [-0.2, -0.15) is 0 Å². The van der Waals surface area contributed by atoms with Crippen molar-refractivity contribution in [1.29, 1.82) is 0 Å². The minimum atomic E-state index is -1.16. The Bertz CT molecular complexity index is 665. The first kappa shape index (κ1) is 14.4. The van der Waals surface area contributed by atoms with Gasteiger partial charge in [-0.25, -0.2) is 4.79 Å². The van der Waals surface area contributed by atoms with E-state index in [0.29, 0.717) is 22.8 Å². The van der Waals surface area contributed by atoms with Crippen molar-refractivity contribution in [3.05, 3.63) is 27.9 Å². The van der Waals surface area contributed by atoms with Gasteiger partial charge in [0.1, 0.15) is 0 Å². The second-order valence-corrected chi connectivity index (χ2v) is 4.83. The molecular weight excluding hydrogens is 330 g/mol. The third-order valence-electron chi connectivity index (χ3n) is 2.82. The van der Waals surface area contributed by atoms with Crippen molar-refractivity contribution >= 4 is 21.9 Å². The number of carbonyl (C=O) groups is 1. The van der Waals surface area contributed by atoms with Crippen molar-refractivity contribution in [2.24, 2.45) is 0 Å². The number of ether oxygens (including phenoxy) is 2. The Morgan fingerprint density at radius 1 is 1.30 bits per heavy atom. The summed E-state index contributed by atoms with van der Waals surface area (Å²) in [5.74, 6) is 0.141. The monoisotopic (exact) mass is 341 g/mol. The van der Waals surface area contributed by atoms with Crippen molar-refractivity contribution in [2.75, 3.05) is 14.2 Å². The van der Waals surface area contributed by atoms with Gasteiger partial charge in [0.2, 0.25) is 0 Å². The third kappa shape index (κ3) is 2.36. The van der Waals surface area contributed by atoms with Crippen LogP contribution in [0.3, 0.4) is 0 Å². The van der Waals surface area contributed by atoms with E-state index in [1.54, 1.807) is 6.07 Å². The lowest BCUT2D eigenvalue weighted by molar-refractivity contribution is 0.0686. The SMILES string of the molecule is COc1c(-c2cc(C(=O)O)no2)cc(Br)c(C)c1OC. The molecule has 0 unspecified atom stereocenters. The van der Waals surface area contributed by atoms with Gasteiger partial charge in [-0.15, -0.1) is 0 Å². The Kier molecular flexibility index (Phi) is 3.99. The summed E-state index contributed by atoms with van der Waals surface area (Å²) in [4.78, 5) is 10.9. The standard InChI is InChI=1S/C13H12BrNO5/c1-6-8(14)4-7(12(19-3)11(6)18-2)10-5-9(13(16)17)15-20-10/h4-5H,1-3H3,(H,16,17). The number of carboxylic acids is 1. The van der Waals surface area contributed by atoms with Crippen molar-refractivity contribution in [2.45, 2.75) is 6.92 Å². The van der Waals surface area contributed by atoms with Gasteiger partial charge < -0.3 is 19.1 Å². The lowest BCUT2D eigenvalue weighted by atomic mass is 10.1. The van der Waals surface area contributed by atoms with Crippen molar-refractivity contribution in [3.8, 4) is 22.8 Å². The largest absolute Gasteiger partial charge is 0.493 e. The fourth-order valence-corrected chi connectivity index (χ4v) is 2.24. The molecule has 1 aromatic carbocycles. The molecule has 0 amide bonds. The maximum absolute atomic E-state index is 10.9. The Labute approximate surface area is 123 Å². The van der Waals surface area contributed by atoms with Crippen molar-refractivity contribution < 1.29 is 23.9 Å². The predicted octanol–water partition coefficient (Wildman–Crippen LogP) is 3.13. The molecule has 0 saturated heterocycles. The summed E-state index contributed by atoms with van der Waals surface area (Å²) in [7, 11) is 3.04. The number of rotatable bonds is 4. The molecule has 0 saturated carbocycles. The summed E-state index contributed by atoms with van der Waals surface area (Å²) in [5.41, 5.74) is 1.26. The number of aromatic carboxylic acids is 1. The summed E-state index contributed by atoms with van der Waals surface area (Å²) in [6, 6.07) is 3.10. The first-order valence-electron chi connectivity index (χ1n) is 5.61. The van der Waals surface area contributed by atoms with Gasteiger partial charge in [-0.1, -0.05) is 21.1 Å². The van der Waals surface area contributed by atoms with E-state index < -0.39 is 5.97 Å². The molecule has 7 heteroatoms. The van der Waals surface area contributed by atoms with Gasteiger partial charge in [0.05, 0.1) is 19.8 Å². The Hall–Kier alpha value is -2.02. The van der Waals surface area contributed by atoms with Crippen LogP contribution in [-0.4, -0.2) is 30.5 Å². The van der Waals surface area contributed by atoms with Gasteiger partial charge in [0, 0.05) is 16.1 Å². The Balaban J connectivity index is 2.66. The molecule has 0 aliphatic carbocycles. The Morgan fingerprint density at radius 3 is 2.45 bits per heavy atom.